The minimum atomic E-state index is -0.106. The Labute approximate surface area is 148 Å². The van der Waals surface area contributed by atoms with E-state index in [1.54, 1.807) is 0 Å². The molecule has 2 heterocycles. The van der Waals surface area contributed by atoms with Gasteiger partial charge in [-0.2, -0.15) is 0 Å². The molecule has 0 saturated carbocycles. The summed E-state index contributed by atoms with van der Waals surface area (Å²) >= 11 is 6.05. The first-order valence-corrected chi connectivity index (χ1v) is 8.95. The van der Waals surface area contributed by atoms with Crippen molar-refractivity contribution in [3.05, 3.63) is 70.7 Å². The van der Waals surface area contributed by atoms with E-state index in [4.69, 9.17) is 11.6 Å². The van der Waals surface area contributed by atoms with Crippen LogP contribution in [0.25, 0.3) is 0 Å². The normalized spacial score (nSPS) is 28.2. The lowest BCUT2D eigenvalue weighted by Gasteiger charge is -2.25. The number of hydrogen-bond acceptors (Lipinski definition) is 1. The monoisotopic (exact) mass is 339 g/mol. The average molecular weight is 340 g/mol. The molecule has 1 amide bonds. The summed E-state index contributed by atoms with van der Waals surface area (Å²) in [7, 11) is 0. The van der Waals surface area contributed by atoms with Crippen molar-refractivity contribution >= 4 is 17.5 Å². The minimum absolute atomic E-state index is 0.106. The maximum Gasteiger partial charge on any atom is 0.231 e. The average Bonchev–Trinajstić information content (AvgIpc) is 3.01. The Morgan fingerprint density at radius 2 is 1.67 bits per heavy atom. The van der Waals surface area contributed by atoms with Crippen molar-refractivity contribution in [1.29, 1.82) is 0 Å². The number of nitrogens with zero attached hydrogens (tertiary/aromatic N) is 1. The third-order valence-electron chi connectivity index (χ3n) is 5.50. The van der Waals surface area contributed by atoms with Gasteiger partial charge in [0.1, 0.15) is 0 Å². The van der Waals surface area contributed by atoms with Gasteiger partial charge in [0.2, 0.25) is 5.91 Å². The predicted molar refractivity (Wildman–Crippen MR) is 97.3 cm³/mol. The number of fused-ring (bicyclic) bond motifs is 1. The molecule has 3 heteroatoms. The van der Waals surface area contributed by atoms with Crippen molar-refractivity contribution in [2.75, 3.05) is 6.54 Å². The van der Waals surface area contributed by atoms with Crippen LogP contribution in [0.2, 0.25) is 5.02 Å². The second-order valence-electron chi connectivity index (χ2n) is 7.87. The summed E-state index contributed by atoms with van der Waals surface area (Å²) in [5.41, 5.74) is 2.53. The van der Waals surface area contributed by atoms with Crippen LogP contribution in [-0.4, -0.2) is 23.4 Å². The van der Waals surface area contributed by atoms with E-state index in [0.717, 1.165) is 18.5 Å². The first-order valence-electron chi connectivity index (χ1n) is 8.57. The fourth-order valence-electron chi connectivity index (χ4n) is 4.55. The highest BCUT2D eigenvalue weighted by atomic mass is 35.5. The molecule has 0 radical (unpaired) electrons. The topological polar surface area (TPSA) is 20.3 Å². The molecule has 0 aliphatic carbocycles. The number of halogens is 1. The van der Waals surface area contributed by atoms with Crippen molar-refractivity contribution in [3.8, 4) is 0 Å². The lowest BCUT2D eigenvalue weighted by Crippen LogP contribution is -2.30. The Morgan fingerprint density at radius 3 is 2.33 bits per heavy atom. The van der Waals surface area contributed by atoms with Crippen molar-refractivity contribution in [2.45, 2.75) is 38.1 Å². The van der Waals surface area contributed by atoms with Gasteiger partial charge in [-0.05, 0) is 35.1 Å². The molecule has 4 rings (SSSR count). The Balaban J connectivity index is 1.80. The first kappa shape index (κ1) is 15.7. The van der Waals surface area contributed by atoms with Crippen LogP contribution in [-0.2, 0) is 4.79 Å². The van der Waals surface area contributed by atoms with E-state index < -0.39 is 0 Å². The summed E-state index contributed by atoms with van der Waals surface area (Å²) in [5, 5.41) is 0.710. The summed E-state index contributed by atoms with van der Waals surface area (Å²) in [5.74, 6) is 0.370. The van der Waals surface area contributed by atoms with Crippen LogP contribution in [0.15, 0.2) is 54.6 Å². The maximum atomic E-state index is 13.2. The molecule has 3 unspecified atom stereocenters. The van der Waals surface area contributed by atoms with Crippen LogP contribution in [0.3, 0.4) is 0 Å². The van der Waals surface area contributed by atoms with Gasteiger partial charge in [-0.1, -0.05) is 67.9 Å². The van der Waals surface area contributed by atoms with Crippen LogP contribution in [0.4, 0.5) is 0 Å². The van der Waals surface area contributed by atoms with E-state index in [9.17, 15) is 4.79 Å². The summed E-state index contributed by atoms with van der Waals surface area (Å²) in [6, 6.07) is 18.6. The van der Waals surface area contributed by atoms with Gasteiger partial charge in [0.05, 0.1) is 5.92 Å². The van der Waals surface area contributed by atoms with Gasteiger partial charge < -0.3 is 4.90 Å². The number of carbonyl (C=O) groups excluding carboxylic acids is 1. The largest absolute Gasteiger partial charge is 0.338 e. The highest BCUT2D eigenvalue weighted by Crippen LogP contribution is 2.52. The molecule has 2 fully saturated rings. The minimum Gasteiger partial charge on any atom is -0.338 e. The van der Waals surface area contributed by atoms with Gasteiger partial charge in [-0.25, -0.2) is 0 Å². The Hall–Kier alpha value is -1.80. The van der Waals surface area contributed by atoms with Crippen LogP contribution >= 0.6 is 11.6 Å². The van der Waals surface area contributed by atoms with Crippen LogP contribution < -0.4 is 0 Å². The van der Waals surface area contributed by atoms with E-state index in [0.29, 0.717) is 5.02 Å². The Kier molecular flexibility index (Phi) is 3.69. The summed E-state index contributed by atoms with van der Waals surface area (Å²) < 4.78 is 0. The van der Waals surface area contributed by atoms with Gasteiger partial charge in [-0.3, -0.25) is 4.79 Å². The number of benzene rings is 2. The molecule has 24 heavy (non-hydrogen) atoms. The maximum absolute atomic E-state index is 13.2. The van der Waals surface area contributed by atoms with Crippen molar-refractivity contribution < 1.29 is 4.79 Å². The zero-order valence-corrected chi connectivity index (χ0v) is 14.8. The van der Waals surface area contributed by atoms with E-state index in [1.165, 1.54) is 5.56 Å². The van der Waals surface area contributed by atoms with Gasteiger partial charge in [0.25, 0.3) is 0 Å². The molecule has 2 aromatic carbocycles. The lowest BCUT2D eigenvalue weighted by molar-refractivity contribution is -0.129. The Morgan fingerprint density at radius 1 is 1.00 bits per heavy atom. The number of rotatable bonds is 2. The molecular weight excluding hydrogens is 318 g/mol. The molecule has 0 spiro atoms. The molecule has 2 saturated heterocycles. The molecule has 2 aliphatic rings. The molecule has 124 valence electrons. The van der Waals surface area contributed by atoms with Crippen LogP contribution in [0.1, 0.15) is 43.2 Å². The van der Waals surface area contributed by atoms with Gasteiger partial charge in [-0.15, -0.1) is 0 Å². The smallest absolute Gasteiger partial charge is 0.231 e. The Bertz CT molecular complexity index is 753. The number of hydrogen-bond donors (Lipinski definition) is 0. The van der Waals surface area contributed by atoms with Crippen molar-refractivity contribution in [2.24, 2.45) is 5.41 Å². The number of amides is 1. The molecule has 0 aromatic heterocycles. The van der Waals surface area contributed by atoms with Crippen molar-refractivity contribution in [3.63, 3.8) is 0 Å². The fourth-order valence-corrected chi connectivity index (χ4v) is 4.67. The van der Waals surface area contributed by atoms with Crippen molar-refractivity contribution in [1.82, 2.24) is 4.90 Å². The van der Waals surface area contributed by atoms with E-state index >= 15 is 0 Å². The highest BCUT2D eigenvalue weighted by molar-refractivity contribution is 6.30. The molecule has 0 bridgehead atoms. The molecule has 2 aromatic rings. The number of carbonyl (C=O) groups is 1. The SMILES string of the molecule is CC1(C)CC2C(c3ccccc3)C(c3ccc(Cl)cc3)C(=O)N2C1. The van der Waals surface area contributed by atoms with Crippen LogP contribution in [0.5, 0.6) is 0 Å². The highest BCUT2D eigenvalue weighted by Gasteiger charge is 2.54. The molecule has 2 aliphatic heterocycles. The van der Waals surface area contributed by atoms with Gasteiger partial charge in [0.15, 0.2) is 0 Å². The molecule has 2 nitrogen and oxygen atoms in total. The van der Waals surface area contributed by atoms with Gasteiger partial charge >= 0.3 is 0 Å². The summed E-state index contributed by atoms with van der Waals surface area (Å²) in [6.45, 7) is 5.37. The first-order chi connectivity index (χ1) is 11.5. The zero-order chi connectivity index (χ0) is 16.9. The fraction of sp³-hybridized carbons (Fsp3) is 0.381. The second-order valence-corrected chi connectivity index (χ2v) is 8.30. The quantitative estimate of drug-likeness (QED) is 0.766. The molecule has 3 atom stereocenters. The third-order valence-corrected chi connectivity index (χ3v) is 5.75. The molecule has 0 N–H and O–H groups in total. The lowest BCUT2D eigenvalue weighted by atomic mass is 9.76. The van der Waals surface area contributed by atoms with E-state index in [2.05, 4.69) is 43.0 Å². The third kappa shape index (κ3) is 2.53. The summed E-state index contributed by atoms with van der Waals surface area (Å²) in [4.78, 5) is 15.4. The zero-order valence-electron chi connectivity index (χ0n) is 14.1. The molecular formula is C21H22ClNO. The van der Waals surface area contributed by atoms with Crippen LogP contribution in [0, 0.1) is 5.41 Å². The predicted octanol–water partition coefficient (Wildman–Crippen LogP) is 4.85. The van der Waals surface area contributed by atoms with E-state index in [1.807, 2.05) is 30.3 Å². The second kappa shape index (κ2) is 5.63. The summed E-state index contributed by atoms with van der Waals surface area (Å²) in [6.07, 6.45) is 1.06. The van der Waals surface area contributed by atoms with Gasteiger partial charge in [0, 0.05) is 23.5 Å². The van der Waals surface area contributed by atoms with E-state index in [-0.39, 0.29) is 29.2 Å². The standard InChI is InChI=1S/C21H22ClNO/c1-21(2)12-17-18(14-6-4-3-5-7-14)19(20(24)23(17)13-21)15-8-10-16(22)11-9-15/h3-11,17-19H,12-13H2,1-2H3.